The number of carboxylic acid groups (broad SMARTS) is 2. The minimum atomic E-state index is -3.31. The van der Waals surface area contributed by atoms with Crippen LogP contribution in [0.15, 0.2) is 89.7 Å². The number of aldehydes is 1. The number of amides is 2. The van der Waals surface area contributed by atoms with Gasteiger partial charge < -0.3 is 52.7 Å². The quantitative estimate of drug-likeness (QED) is 0.0673. The van der Waals surface area contributed by atoms with Crippen molar-refractivity contribution in [2.45, 2.75) is 101 Å². The maximum absolute atomic E-state index is 15.0. The first kappa shape index (κ1) is 65.6. The fourth-order valence-corrected chi connectivity index (χ4v) is 15.8. The van der Waals surface area contributed by atoms with Crippen LogP contribution >= 0.6 is 11.6 Å². The highest BCUT2D eigenvalue weighted by Gasteiger charge is 2.45. The Morgan fingerprint density at radius 2 is 1.53 bits per heavy atom. The molecule has 88 heavy (non-hydrogen) atoms. The lowest BCUT2D eigenvalue weighted by atomic mass is 9.68. The maximum atomic E-state index is 15.0. The summed E-state index contributed by atoms with van der Waals surface area (Å²) >= 11 is 6.50. The molecule has 2 aliphatic carbocycles. The third kappa shape index (κ3) is 15.4. The first-order valence-corrected chi connectivity index (χ1v) is 32.6. The van der Waals surface area contributed by atoms with Gasteiger partial charge in [0.1, 0.15) is 11.4 Å². The minimum Gasteiger partial charge on any atom is -0.490 e. The van der Waals surface area contributed by atoms with Gasteiger partial charge in [-0.05, 0) is 149 Å². The third-order valence-electron chi connectivity index (χ3n) is 18.5. The van der Waals surface area contributed by atoms with Crippen LogP contribution in [0.25, 0.3) is 0 Å². The summed E-state index contributed by atoms with van der Waals surface area (Å²) in [5.74, 6) is -1.87. The standard InChI is InChI=1S/C46H59ClN4O6S.C13H18N2O4.C7H7NO3/c1-31-7-5-9-43(55-4)39-13-10-34(39)25-51-29-46(18-6-8-32-21-36(47)12-14-40(32)46)30-57-44-15-11-33(23-41(44)51)45(53)48-58(54,27-31)28-42(52)35-22-38(49(2)24-35)26-50(3)37-16-19-56-20-17-37;1-14-8-9(13(17)18)7-11(14)12(16)15(2)10-3-5-19-6-4-10;1-8-3-5(7(10)11)2-6(8)4-9/h5,9,11-12,14-15,21-24,31,34,37,39,43H,6-8,10,13,16-20,25-30H2,1-4H3;7-8,10H,3-6H2,1-2H3,(H,17,18);2-4H,1H3,(H,10,11)/b9-5+;;/t31-,34-,39+,43-,46-,58+;;/m0../s1. The molecule has 2 amide bonds. The summed E-state index contributed by atoms with van der Waals surface area (Å²) in [5.41, 5.74) is 6.00. The fraction of sp³-hybridized carbons (Fsp3) is 0.515. The third-order valence-corrected chi connectivity index (χ3v) is 21.1. The van der Waals surface area contributed by atoms with Crippen molar-refractivity contribution in [2.75, 3.05) is 83.7 Å². The number of nitrogens with zero attached hydrogens (tertiary/aromatic N) is 7. The zero-order chi connectivity index (χ0) is 63.0. The number of rotatable bonds is 12. The highest BCUT2D eigenvalue weighted by molar-refractivity contribution is 7.94. The molecule has 5 aromatic rings. The van der Waals surface area contributed by atoms with Crippen molar-refractivity contribution in [2.24, 2.45) is 43.3 Å². The van der Waals surface area contributed by atoms with E-state index in [1.54, 1.807) is 43.8 Å². The molecular weight excluding hydrogens is 1170 g/mol. The number of carboxylic acids is 2. The number of aryl methyl sites for hydroxylation is 4. The van der Waals surface area contributed by atoms with Crippen molar-refractivity contribution in [1.29, 1.82) is 0 Å². The van der Waals surface area contributed by atoms with Crippen LogP contribution in [0.5, 0.6) is 5.75 Å². The number of ketones is 1. The molecule has 6 aliphatic rings. The SMILES string of the molecule is CN(C(=O)c1cc(C(=O)O)cn1C)C1CCOCC1.CO[C@H]1/C=C/C[C@H](C)C[S@@](=O)(CC(=O)c2cc(CN(C)C3CCOCC3)n(C)c2)=NC(=O)c2ccc3c(c2)N(C[C@@H]2CC[C@H]21)C[C@@]1(CCCc2cc(Cl)ccc21)CO3.Cn1cc(C(=O)O)cc1C=O. The van der Waals surface area contributed by atoms with E-state index in [-0.39, 0.29) is 57.8 Å². The van der Waals surface area contributed by atoms with Crippen LogP contribution in [0.4, 0.5) is 5.69 Å². The molecule has 1 spiro atoms. The van der Waals surface area contributed by atoms with Crippen LogP contribution in [-0.4, -0.2) is 171 Å². The Labute approximate surface area is 520 Å². The Hall–Kier alpha value is -6.88. The van der Waals surface area contributed by atoms with Gasteiger partial charge in [-0.3, -0.25) is 24.1 Å². The number of allylic oxidation sites excluding steroid dienone is 1. The van der Waals surface area contributed by atoms with Crippen LogP contribution in [0.3, 0.4) is 0 Å². The molecule has 2 bridgehead atoms. The molecular formula is C66H84ClN7O13S. The van der Waals surface area contributed by atoms with Gasteiger partial charge in [-0.15, -0.1) is 0 Å². The van der Waals surface area contributed by atoms with Crippen LogP contribution < -0.4 is 9.64 Å². The van der Waals surface area contributed by atoms with E-state index in [1.807, 2.05) is 49.0 Å². The molecule has 2 aromatic carbocycles. The van der Waals surface area contributed by atoms with Gasteiger partial charge in [0, 0.05) is 145 Å². The van der Waals surface area contributed by atoms with E-state index in [0.29, 0.717) is 79.5 Å². The van der Waals surface area contributed by atoms with Crippen LogP contribution in [-0.2, 0) is 63.5 Å². The number of aromatic nitrogens is 3. The monoisotopic (exact) mass is 1250 g/mol. The zero-order valence-electron chi connectivity index (χ0n) is 51.6. The number of hydrogen-bond acceptors (Lipinski definition) is 13. The number of methoxy groups -OCH3 is 1. The summed E-state index contributed by atoms with van der Waals surface area (Å²) in [6.07, 6.45) is 18.9. The van der Waals surface area contributed by atoms with Crippen molar-refractivity contribution >= 4 is 62.8 Å². The maximum Gasteiger partial charge on any atom is 0.337 e. The van der Waals surface area contributed by atoms with E-state index in [2.05, 4.69) is 45.5 Å². The van der Waals surface area contributed by atoms with E-state index < -0.39 is 27.6 Å². The number of fused-ring (bicyclic) bond motifs is 4. The normalized spacial score (nSPS) is 24.3. The molecule has 20 nitrogen and oxygen atoms in total. The Morgan fingerprint density at radius 3 is 2.17 bits per heavy atom. The minimum absolute atomic E-state index is 0.0469. The number of anilines is 1. The van der Waals surface area contributed by atoms with E-state index in [4.69, 9.17) is 40.8 Å². The summed E-state index contributed by atoms with van der Waals surface area (Å²) < 4.78 is 48.1. The number of ether oxygens (including phenoxy) is 4. The van der Waals surface area contributed by atoms with Gasteiger partial charge >= 0.3 is 11.9 Å². The van der Waals surface area contributed by atoms with Crippen LogP contribution in [0.1, 0.15) is 144 Å². The van der Waals surface area contributed by atoms with E-state index in [9.17, 15) is 33.0 Å². The number of halogens is 1. The summed E-state index contributed by atoms with van der Waals surface area (Å²) in [7, 11) is 7.57. The molecule has 11 rings (SSSR count). The number of Topliss-reactive ketones (excluding diaryl/α,β-unsaturated/α-hetero) is 1. The van der Waals surface area contributed by atoms with Gasteiger partial charge in [0.15, 0.2) is 12.1 Å². The van der Waals surface area contributed by atoms with E-state index in [0.717, 1.165) is 106 Å². The van der Waals surface area contributed by atoms with Crippen LogP contribution in [0, 0.1) is 17.8 Å². The molecule has 7 heterocycles. The average Bonchev–Trinajstić information content (AvgIpc) is 3.91. The van der Waals surface area contributed by atoms with Gasteiger partial charge in [0.25, 0.3) is 11.8 Å². The molecule has 6 atom stereocenters. The number of carbonyl (C=O) groups is 6. The summed E-state index contributed by atoms with van der Waals surface area (Å²) in [6.45, 7) is 7.57. The largest absolute Gasteiger partial charge is 0.490 e. The molecule has 1 saturated carbocycles. The molecule has 3 fully saturated rings. The second kappa shape index (κ2) is 28.7. The van der Waals surface area contributed by atoms with Crippen molar-refractivity contribution in [3.8, 4) is 5.75 Å². The van der Waals surface area contributed by atoms with E-state index in [1.165, 1.54) is 40.2 Å². The Kier molecular flexibility index (Phi) is 21.4. The summed E-state index contributed by atoms with van der Waals surface area (Å²) in [6, 6.07) is 17.0. The van der Waals surface area contributed by atoms with Crippen LogP contribution in [0.2, 0.25) is 5.02 Å². The molecule has 0 unspecified atom stereocenters. The summed E-state index contributed by atoms with van der Waals surface area (Å²) in [4.78, 5) is 78.6. The fourth-order valence-electron chi connectivity index (χ4n) is 13.3. The lowest BCUT2D eigenvalue weighted by molar-refractivity contribution is 0.0131. The predicted molar refractivity (Wildman–Crippen MR) is 336 cm³/mol. The van der Waals surface area contributed by atoms with Crippen molar-refractivity contribution in [3.63, 3.8) is 0 Å². The Balaban J connectivity index is 0.000000250. The molecule has 22 heteroatoms. The van der Waals surface area contributed by atoms with Gasteiger partial charge in [-0.25, -0.2) is 13.8 Å². The molecule has 3 aromatic heterocycles. The van der Waals surface area contributed by atoms with Gasteiger partial charge in [0.2, 0.25) is 0 Å². The van der Waals surface area contributed by atoms with E-state index >= 15 is 0 Å². The molecule has 474 valence electrons. The first-order valence-electron chi connectivity index (χ1n) is 30.4. The lowest BCUT2D eigenvalue weighted by Gasteiger charge is -2.46. The van der Waals surface area contributed by atoms with Gasteiger partial charge in [-0.2, -0.15) is 4.36 Å². The smallest absolute Gasteiger partial charge is 0.337 e. The number of hydrogen-bond donors (Lipinski definition) is 2. The molecule has 2 N–H and O–H groups in total. The first-order chi connectivity index (χ1) is 42.1. The van der Waals surface area contributed by atoms with Gasteiger partial charge in [-0.1, -0.05) is 36.7 Å². The Morgan fingerprint density at radius 1 is 0.852 bits per heavy atom. The highest BCUT2D eigenvalue weighted by atomic mass is 35.5. The molecule has 0 radical (unpaired) electrons. The highest BCUT2D eigenvalue weighted by Crippen LogP contribution is 2.47. The second-order valence-corrected chi connectivity index (χ2v) is 27.5. The number of aromatic carboxylic acids is 2. The Bertz CT molecular complexity index is 3530. The lowest BCUT2D eigenvalue weighted by Crippen LogP contribution is -2.49. The second-order valence-electron chi connectivity index (χ2n) is 24.7. The number of benzene rings is 2. The van der Waals surface area contributed by atoms with Crippen molar-refractivity contribution < 1.29 is 62.1 Å². The summed E-state index contributed by atoms with van der Waals surface area (Å²) in [5, 5.41) is 18.2. The van der Waals surface area contributed by atoms with Crippen molar-refractivity contribution in [3.05, 3.63) is 141 Å². The predicted octanol–water partition coefficient (Wildman–Crippen LogP) is 9.40. The van der Waals surface area contributed by atoms with Crippen molar-refractivity contribution in [1.82, 2.24) is 23.5 Å². The molecule has 2 saturated heterocycles. The number of carbonyl (C=O) groups excluding carboxylic acids is 4. The average molecular weight is 1250 g/mol. The zero-order valence-corrected chi connectivity index (χ0v) is 53.1. The molecule has 4 aliphatic heterocycles. The topological polar surface area (TPSA) is 234 Å². The van der Waals surface area contributed by atoms with Gasteiger partial charge in [0.05, 0.1) is 50.7 Å².